The van der Waals surface area contributed by atoms with Crippen LogP contribution in [0.25, 0.3) is 0 Å². The first-order chi connectivity index (χ1) is 7.37. The first kappa shape index (κ1) is 13.5. The normalized spacial score (nSPS) is 12.4. The van der Waals surface area contributed by atoms with Gasteiger partial charge in [0.1, 0.15) is 0 Å². The van der Waals surface area contributed by atoms with Gasteiger partial charge in [-0.2, -0.15) is 16.7 Å². The largest absolute Gasteiger partial charge is 0.338 e. The summed E-state index contributed by atoms with van der Waals surface area (Å²) in [5.41, 5.74) is 5.74. The van der Waals surface area contributed by atoms with Crippen LogP contribution >= 0.6 is 11.8 Å². The molecule has 0 bridgehead atoms. The lowest BCUT2D eigenvalue weighted by Gasteiger charge is -2.16. The smallest absolute Gasteiger partial charge is 0.236 e. The summed E-state index contributed by atoms with van der Waals surface area (Å²) in [6, 6.07) is 0. The van der Waals surface area contributed by atoms with Crippen molar-refractivity contribution in [3.63, 3.8) is 0 Å². The molecule has 1 rings (SSSR count). The van der Waals surface area contributed by atoms with Crippen LogP contribution in [-0.4, -0.2) is 21.4 Å². The molecule has 0 radical (unpaired) electrons. The highest BCUT2D eigenvalue weighted by atomic mass is 32.2. The number of hydrogen-bond acceptors (Lipinski definition) is 5. The maximum atomic E-state index is 5.88. The molecule has 5 heteroatoms. The zero-order valence-corrected chi connectivity index (χ0v) is 11.3. The van der Waals surface area contributed by atoms with E-state index < -0.39 is 0 Å². The van der Waals surface area contributed by atoms with Gasteiger partial charge < -0.3 is 10.3 Å². The molecular weight excluding hydrogens is 222 g/mol. The summed E-state index contributed by atoms with van der Waals surface area (Å²) in [7, 11) is 0. The molecule has 0 aliphatic rings. The molecule has 0 unspecified atom stereocenters. The van der Waals surface area contributed by atoms with Crippen molar-refractivity contribution in [2.24, 2.45) is 11.7 Å². The van der Waals surface area contributed by atoms with Gasteiger partial charge in [-0.1, -0.05) is 19.0 Å². The van der Waals surface area contributed by atoms with Crippen molar-refractivity contribution in [2.75, 3.05) is 5.75 Å². The van der Waals surface area contributed by atoms with Gasteiger partial charge in [0.2, 0.25) is 5.89 Å². The van der Waals surface area contributed by atoms with Crippen LogP contribution in [0.4, 0.5) is 0 Å². The highest BCUT2D eigenvalue weighted by molar-refractivity contribution is 7.98. The second-order valence-electron chi connectivity index (χ2n) is 5.18. The van der Waals surface area contributed by atoms with Crippen molar-refractivity contribution >= 4 is 11.8 Å². The highest BCUT2D eigenvalue weighted by Gasteiger charge is 2.12. The van der Waals surface area contributed by atoms with E-state index in [9.17, 15) is 0 Å². The van der Waals surface area contributed by atoms with E-state index in [0.717, 1.165) is 23.8 Å². The molecule has 0 aliphatic heterocycles. The fourth-order valence-electron chi connectivity index (χ4n) is 1.20. The van der Waals surface area contributed by atoms with Gasteiger partial charge in [0.25, 0.3) is 0 Å². The van der Waals surface area contributed by atoms with Crippen molar-refractivity contribution < 1.29 is 4.52 Å². The molecule has 0 spiro atoms. The van der Waals surface area contributed by atoms with Crippen LogP contribution in [0.1, 0.15) is 39.4 Å². The van der Waals surface area contributed by atoms with Crippen LogP contribution in [0, 0.1) is 5.92 Å². The fraction of sp³-hybridized carbons (Fsp3) is 0.818. The van der Waals surface area contributed by atoms with Crippen molar-refractivity contribution in [3.05, 3.63) is 11.7 Å². The number of thioether (sulfide) groups is 1. The molecule has 1 heterocycles. The second-order valence-corrected chi connectivity index (χ2v) is 6.17. The van der Waals surface area contributed by atoms with Gasteiger partial charge in [0.05, 0.1) is 5.75 Å². The molecule has 0 aromatic carbocycles. The topological polar surface area (TPSA) is 64.9 Å². The summed E-state index contributed by atoms with van der Waals surface area (Å²) in [5.74, 6) is 3.68. The molecule has 16 heavy (non-hydrogen) atoms. The summed E-state index contributed by atoms with van der Waals surface area (Å²) >= 11 is 1.72. The van der Waals surface area contributed by atoms with Crippen LogP contribution in [0.15, 0.2) is 4.52 Å². The van der Waals surface area contributed by atoms with Crippen molar-refractivity contribution in [2.45, 2.75) is 45.4 Å². The molecule has 0 amide bonds. The Morgan fingerprint density at radius 1 is 1.44 bits per heavy atom. The van der Waals surface area contributed by atoms with Gasteiger partial charge in [-0.05, 0) is 19.8 Å². The van der Waals surface area contributed by atoms with Crippen LogP contribution in [-0.2, 0) is 12.2 Å². The van der Waals surface area contributed by atoms with Crippen LogP contribution in [0.2, 0.25) is 0 Å². The molecule has 2 N–H and O–H groups in total. The van der Waals surface area contributed by atoms with E-state index in [2.05, 4.69) is 24.0 Å². The summed E-state index contributed by atoms with van der Waals surface area (Å²) in [6.45, 7) is 8.31. The molecule has 0 saturated heterocycles. The maximum Gasteiger partial charge on any atom is 0.236 e. The summed E-state index contributed by atoms with van der Waals surface area (Å²) in [6.07, 6.45) is 0.872. The van der Waals surface area contributed by atoms with Gasteiger partial charge in [-0.15, -0.1) is 0 Å². The number of aromatic nitrogens is 2. The molecule has 0 aliphatic carbocycles. The Balaban J connectivity index is 2.35. The average molecular weight is 243 g/mol. The van der Waals surface area contributed by atoms with E-state index in [1.807, 2.05) is 13.8 Å². The third-order valence-corrected chi connectivity index (χ3v) is 3.20. The van der Waals surface area contributed by atoms with Crippen molar-refractivity contribution in [1.82, 2.24) is 10.1 Å². The lowest BCUT2D eigenvalue weighted by Crippen LogP contribution is -2.34. The fourth-order valence-corrected chi connectivity index (χ4v) is 2.12. The van der Waals surface area contributed by atoms with Gasteiger partial charge in [0, 0.05) is 17.7 Å². The van der Waals surface area contributed by atoms with Crippen molar-refractivity contribution in [1.29, 1.82) is 0 Å². The third kappa shape index (κ3) is 5.51. The molecule has 0 fully saturated rings. The Bertz CT molecular complexity index is 317. The molecule has 4 nitrogen and oxygen atoms in total. The minimum absolute atomic E-state index is 0.147. The van der Waals surface area contributed by atoms with E-state index in [4.69, 9.17) is 10.3 Å². The minimum Gasteiger partial charge on any atom is -0.338 e. The standard InChI is InChI=1S/C11H21N3OS/c1-8(2)5-9-13-10(15-14-9)6-16-7-11(3,4)12/h8H,5-7,12H2,1-4H3. The lowest BCUT2D eigenvalue weighted by molar-refractivity contribution is 0.382. The van der Waals surface area contributed by atoms with E-state index in [1.165, 1.54) is 0 Å². The van der Waals surface area contributed by atoms with Gasteiger partial charge in [-0.25, -0.2) is 0 Å². The van der Waals surface area contributed by atoms with Gasteiger partial charge >= 0.3 is 0 Å². The van der Waals surface area contributed by atoms with Gasteiger partial charge in [-0.3, -0.25) is 0 Å². The van der Waals surface area contributed by atoms with E-state index in [1.54, 1.807) is 11.8 Å². The molecular formula is C11H21N3OS. The van der Waals surface area contributed by atoms with Crippen LogP contribution in [0.3, 0.4) is 0 Å². The van der Waals surface area contributed by atoms with Crippen molar-refractivity contribution in [3.8, 4) is 0 Å². The predicted molar refractivity (Wildman–Crippen MR) is 67.3 cm³/mol. The molecule has 1 aromatic rings. The maximum absolute atomic E-state index is 5.88. The van der Waals surface area contributed by atoms with E-state index >= 15 is 0 Å². The predicted octanol–water partition coefficient (Wildman–Crippen LogP) is 2.24. The first-order valence-corrected chi connectivity index (χ1v) is 6.70. The zero-order chi connectivity index (χ0) is 12.2. The quantitative estimate of drug-likeness (QED) is 0.830. The summed E-state index contributed by atoms with van der Waals surface area (Å²) in [5, 5.41) is 3.94. The first-order valence-electron chi connectivity index (χ1n) is 5.55. The number of rotatable bonds is 6. The molecule has 92 valence electrons. The minimum atomic E-state index is -0.147. The van der Waals surface area contributed by atoms with Crippen LogP contribution < -0.4 is 5.73 Å². The summed E-state index contributed by atoms with van der Waals surface area (Å²) in [4.78, 5) is 4.33. The SMILES string of the molecule is CC(C)Cc1noc(CSCC(C)(C)N)n1. The number of hydrogen-bond donors (Lipinski definition) is 1. The molecule has 1 aromatic heterocycles. The third-order valence-electron chi connectivity index (χ3n) is 1.80. The zero-order valence-electron chi connectivity index (χ0n) is 10.5. The summed E-state index contributed by atoms with van der Waals surface area (Å²) < 4.78 is 5.16. The van der Waals surface area contributed by atoms with E-state index in [0.29, 0.717) is 11.8 Å². The monoisotopic (exact) mass is 243 g/mol. The molecule has 0 atom stereocenters. The van der Waals surface area contributed by atoms with Gasteiger partial charge in [0.15, 0.2) is 5.82 Å². The Morgan fingerprint density at radius 2 is 2.12 bits per heavy atom. The Kier molecular flexibility index (Phi) is 4.80. The Morgan fingerprint density at radius 3 is 2.69 bits per heavy atom. The second kappa shape index (κ2) is 5.68. The average Bonchev–Trinajstić information content (AvgIpc) is 2.49. The highest BCUT2D eigenvalue weighted by Crippen LogP contribution is 2.15. The van der Waals surface area contributed by atoms with Crippen LogP contribution in [0.5, 0.6) is 0 Å². The lowest BCUT2D eigenvalue weighted by atomic mass is 10.1. The Hall–Kier alpha value is -0.550. The Labute approximate surface area is 101 Å². The number of nitrogens with two attached hydrogens (primary N) is 1. The number of nitrogens with zero attached hydrogens (tertiary/aromatic N) is 2. The van der Waals surface area contributed by atoms with E-state index in [-0.39, 0.29) is 5.54 Å². The molecule has 0 saturated carbocycles.